The number of hydrogen-bond donors (Lipinski definition) is 1. The van der Waals surface area contributed by atoms with Gasteiger partial charge in [0.1, 0.15) is 11.9 Å². The van der Waals surface area contributed by atoms with Crippen LogP contribution in [0.2, 0.25) is 0 Å². The number of thiophene rings is 1. The Morgan fingerprint density at radius 1 is 1.21 bits per heavy atom. The SMILES string of the molecule is Cc1cc(C)c(C)c(O[C@@H]2C[C@@H]3CN(C(=O)Cc4ccsc4)C[C@@H]3C[C@H]2O)c1. The molecule has 2 heterocycles. The molecule has 0 unspecified atom stereocenters. The molecule has 1 aliphatic carbocycles. The first kappa shape index (κ1) is 19.5. The smallest absolute Gasteiger partial charge is 0.227 e. The Balaban J connectivity index is 1.41. The molecule has 1 aliphatic heterocycles. The number of carbonyl (C=O) groups is 1. The summed E-state index contributed by atoms with van der Waals surface area (Å²) in [6.07, 6.45) is 1.32. The van der Waals surface area contributed by atoms with E-state index in [1.54, 1.807) is 11.3 Å². The molecule has 0 spiro atoms. The van der Waals surface area contributed by atoms with E-state index in [1.165, 1.54) is 11.1 Å². The van der Waals surface area contributed by atoms with Gasteiger partial charge in [0.25, 0.3) is 0 Å². The standard InChI is InChI=1S/C23H29NO3S/c1-14-6-15(2)16(3)21(7-14)27-22-10-19-12-24(11-18(19)9-20(22)25)23(26)8-17-4-5-28-13-17/h4-7,13,18-20,22,25H,8-12H2,1-3H3/t18-,19+,20+,22+/m0/s1. The van der Waals surface area contributed by atoms with Gasteiger partial charge in [0, 0.05) is 13.1 Å². The van der Waals surface area contributed by atoms with Crippen LogP contribution in [0.1, 0.15) is 35.1 Å². The zero-order valence-electron chi connectivity index (χ0n) is 16.9. The predicted octanol–water partition coefficient (Wildman–Crippen LogP) is 3.89. The number of amides is 1. The summed E-state index contributed by atoms with van der Waals surface area (Å²) in [6, 6.07) is 6.24. The summed E-state index contributed by atoms with van der Waals surface area (Å²) in [7, 11) is 0. The number of rotatable bonds is 4. The van der Waals surface area contributed by atoms with Crippen LogP contribution in [0.15, 0.2) is 29.0 Å². The van der Waals surface area contributed by atoms with Crippen LogP contribution in [0.5, 0.6) is 5.75 Å². The molecule has 150 valence electrons. The molecule has 2 aliphatic rings. The van der Waals surface area contributed by atoms with Gasteiger partial charge in [-0.15, -0.1) is 0 Å². The molecule has 1 aromatic carbocycles. The third-order valence-electron chi connectivity index (χ3n) is 6.42. The van der Waals surface area contributed by atoms with Crippen molar-refractivity contribution in [3.63, 3.8) is 0 Å². The van der Waals surface area contributed by atoms with Crippen molar-refractivity contribution in [1.82, 2.24) is 4.90 Å². The lowest BCUT2D eigenvalue weighted by atomic mass is 9.78. The van der Waals surface area contributed by atoms with Crippen LogP contribution in [0.4, 0.5) is 0 Å². The summed E-state index contributed by atoms with van der Waals surface area (Å²) >= 11 is 1.63. The van der Waals surface area contributed by atoms with E-state index in [0.717, 1.165) is 36.4 Å². The average molecular weight is 400 g/mol. The van der Waals surface area contributed by atoms with E-state index in [0.29, 0.717) is 24.7 Å². The van der Waals surface area contributed by atoms with Crippen LogP contribution in [0, 0.1) is 32.6 Å². The quantitative estimate of drug-likeness (QED) is 0.848. The number of aryl methyl sites for hydroxylation is 2. The number of likely N-dealkylation sites (tertiary alicyclic amines) is 1. The second-order valence-electron chi connectivity index (χ2n) is 8.53. The maximum atomic E-state index is 12.7. The predicted molar refractivity (Wildman–Crippen MR) is 112 cm³/mol. The molecule has 1 aromatic heterocycles. The van der Waals surface area contributed by atoms with Crippen LogP contribution < -0.4 is 4.74 Å². The fourth-order valence-corrected chi connectivity index (χ4v) is 5.36. The van der Waals surface area contributed by atoms with E-state index in [9.17, 15) is 9.90 Å². The maximum Gasteiger partial charge on any atom is 0.227 e. The first-order chi connectivity index (χ1) is 13.4. The lowest BCUT2D eigenvalue weighted by Gasteiger charge is -2.35. The minimum Gasteiger partial charge on any atom is -0.487 e. The summed E-state index contributed by atoms with van der Waals surface area (Å²) in [4.78, 5) is 14.7. The number of ether oxygens (including phenoxy) is 1. The summed E-state index contributed by atoms with van der Waals surface area (Å²) < 4.78 is 6.30. The first-order valence-electron chi connectivity index (χ1n) is 10.1. The van der Waals surface area contributed by atoms with Gasteiger partial charge < -0.3 is 14.7 Å². The van der Waals surface area contributed by atoms with Gasteiger partial charge in [-0.2, -0.15) is 11.3 Å². The van der Waals surface area contributed by atoms with Crippen molar-refractivity contribution in [3.05, 3.63) is 51.2 Å². The van der Waals surface area contributed by atoms with E-state index in [2.05, 4.69) is 32.9 Å². The molecule has 4 nitrogen and oxygen atoms in total. The monoisotopic (exact) mass is 399 g/mol. The van der Waals surface area contributed by atoms with Crippen molar-refractivity contribution >= 4 is 17.2 Å². The number of aliphatic hydroxyl groups excluding tert-OH is 1. The number of hydrogen-bond acceptors (Lipinski definition) is 4. The summed E-state index contributed by atoms with van der Waals surface area (Å²) in [5.74, 6) is 1.86. The van der Waals surface area contributed by atoms with E-state index in [1.807, 2.05) is 21.7 Å². The molecule has 4 rings (SSSR count). The minimum atomic E-state index is -0.478. The molecule has 0 bridgehead atoms. The van der Waals surface area contributed by atoms with E-state index in [4.69, 9.17) is 4.74 Å². The van der Waals surface area contributed by atoms with Gasteiger partial charge in [0.2, 0.25) is 5.91 Å². The van der Waals surface area contributed by atoms with Crippen LogP contribution in [-0.2, 0) is 11.2 Å². The fraction of sp³-hybridized carbons (Fsp3) is 0.522. The van der Waals surface area contributed by atoms with Gasteiger partial charge in [0.05, 0.1) is 12.5 Å². The van der Waals surface area contributed by atoms with Crippen LogP contribution in [0.3, 0.4) is 0 Å². The largest absolute Gasteiger partial charge is 0.487 e. The number of benzene rings is 1. The van der Waals surface area contributed by atoms with E-state index in [-0.39, 0.29) is 12.0 Å². The van der Waals surface area contributed by atoms with E-state index < -0.39 is 6.10 Å². The molecule has 5 heteroatoms. The molecule has 0 radical (unpaired) electrons. The normalized spacial score (nSPS) is 26.9. The lowest BCUT2D eigenvalue weighted by molar-refractivity contribution is -0.129. The van der Waals surface area contributed by atoms with Crippen molar-refractivity contribution in [2.24, 2.45) is 11.8 Å². The third kappa shape index (κ3) is 3.96. The van der Waals surface area contributed by atoms with Gasteiger partial charge in [-0.1, -0.05) is 6.07 Å². The Kier molecular flexibility index (Phi) is 5.48. The fourth-order valence-electron chi connectivity index (χ4n) is 4.69. The van der Waals surface area contributed by atoms with Gasteiger partial charge in [-0.05, 0) is 90.6 Å². The van der Waals surface area contributed by atoms with Crippen LogP contribution in [-0.4, -0.2) is 41.2 Å². The second-order valence-corrected chi connectivity index (χ2v) is 9.31. The minimum absolute atomic E-state index is 0.199. The zero-order chi connectivity index (χ0) is 19.8. The van der Waals surface area contributed by atoms with Gasteiger partial charge >= 0.3 is 0 Å². The highest BCUT2D eigenvalue weighted by Crippen LogP contribution is 2.39. The van der Waals surface area contributed by atoms with Crippen LogP contribution in [0.25, 0.3) is 0 Å². The van der Waals surface area contributed by atoms with Gasteiger partial charge in [0.15, 0.2) is 0 Å². The molecule has 4 atom stereocenters. The molecule has 2 aromatic rings. The molecule has 1 saturated heterocycles. The van der Waals surface area contributed by atoms with Crippen molar-refractivity contribution in [3.8, 4) is 5.75 Å². The molecule has 28 heavy (non-hydrogen) atoms. The summed E-state index contributed by atoms with van der Waals surface area (Å²) in [6.45, 7) is 7.78. The molecular weight excluding hydrogens is 370 g/mol. The van der Waals surface area contributed by atoms with Crippen molar-refractivity contribution < 1.29 is 14.6 Å². The maximum absolute atomic E-state index is 12.7. The van der Waals surface area contributed by atoms with Gasteiger partial charge in [-0.3, -0.25) is 4.79 Å². The third-order valence-corrected chi connectivity index (χ3v) is 7.15. The Labute approximate surface area is 171 Å². The zero-order valence-corrected chi connectivity index (χ0v) is 17.7. The Bertz CT molecular complexity index is 848. The molecule has 1 amide bonds. The number of carbonyl (C=O) groups excluding carboxylic acids is 1. The Morgan fingerprint density at radius 3 is 2.68 bits per heavy atom. The molecule has 1 N–H and O–H groups in total. The highest BCUT2D eigenvalue weighted by molar-refractivity contribution is 7.08. The summed E-state index contributed by atoms with van der Waals surface area (Å²) in [5.41, 5.74) is 4.62. The second kappa shape index (κ2) is 7.88. The number of nitrogens with zero attached hydrogens (tertiary/aromatic N) is 1. The Hall–Kier alpha value is -1.85. The first-order valence-corrected chi connectivity index (χ1v) is 11.1. The Morgan fingerprint density at radius 2 is 1.96 bits per heavy atom. The topological polar surface area (TPSA) is 49.8 Å². The number of fused-ring (bicyclic) bond motifs is 1. The highest BCUT2D eigenvalue weighted by atomic mass is 32.1. The van der Waals surface area contributed by atoms with Crippen molar-refractivity contribution in [2.45, 2.75) is 52.2 Å². The van der Waals surface area contributed by atoms with Crippen molar-refractivity contribution in [2.75, 3.05) is 13.1 Å². The average Bonchev–Trinajstić information content (AvgIpc) is 3.29. The van der Waals surface area contributed by atoms with Gasteiger partial charge in [-0.25, -0.2) is 0 Å². The lowest BCUT2D eigenvalue weighted by Crippen LogP contribution is -2.42. The highest BCUT2D eigenvalue weighted by Gasteiger charge is 2.43. The molecule has 2 fully saturated rings. The molecular formula is C23H29NO3S. The van der Waals surface area contributed by atoms with E-state index >= 15 is 0 Å². The summed E-state index contributed by atoms with van der Waals surface area (Å²) in [5, 5.41) is 14.8. The van der Waals surface area contributed by atoms with Crippen LogP contribution >= 0.6 is 11.3 Å². The molecule has 1 saturated carbocycles. The van der Waals surface area contributed by atoms with Crippen molar-refractivity contribution in [1.29, 1.82) is 0 Å². The number of aliphatic hydroxyl groups is 1.